The van der Waals surface area contributed by atoms with Crippen molar-refractivity contribution < 1.29 is 31.5 Å². The second-order valence-electron chi connectivity index (χ2n) is 8.55. The van der Waals surface area contributed by atoms with E-state index in [0.29, 0.717) is 37.0 Å². The van der Waals surface area contributed by atoms with Gasteiger partial charge in [0.05, 0.1) is 20.3 Å². The van der Waals surface area contributed by atoms with Gasteiger partial charge < -0.3 is 14.4 Å². The number of halogens is 2. The number of carbonyl (C=O) groups excluding carboxylic acids is 1. The quantitative estimate of drug-likeness (QED) is 0.612. The lowest BCUT2D eigenvalue weighted by molar-refractivity contribution is -0.137. The molecule has 0 N–H and O–H groups in total. The maximum Gasteiger partial charge on any atom is 0.246 e. The first-order chi connectivity index (χ1) is 16.3. The third-order valence-electron chi connectivity index (χ3n) is 6.65. The van der Waals surface area contributed by atoms with Gasteiger partial charge in [0.1, 0.15) is 28.0 Å². The van der Waals surface area contributed by atoms with Crippen LogP contribution in [0.15, 0.2) is 41.3 Å². The Morgan fingerprint density at radius 1 is 0.971 bits per heavy atom. The zero-order valence-corrected chi connectivity index (χ0v) is 20.0. The van der Waals surface area contributed by atoms with Crippen LogP contribution in [0.1, 0.15) is 37.3 Å². The topological polar surface area (TPSA) is 76.2 Å². The predicted molar refractivity (Wildman–Crippen MR) is 121 cm³/mol. The van der Waals surface area contributed by atoms with Crippen molar-refractivity contribution in [2.24, 2.45) is 5.92 Å². The third kappa shape index (κ3) is 4.61. The largest absolute Gasteiger partial charge is 0.497 e. The number of methoxy groups -OCH3 is 2. The summed E-state index contributed by atoms with van der Waals surface area (Å²) in [6.45, 7) is 0.754. The van der Waals surface area contributed by atoms with Crippen molar-refractivity contribution in [2.45, 2.75) is 36.6 Å². The second-order valence-corrected chi connectivity index (χ2v) is 10.5. The molecule has 0 unspecified atom stereocenters. The minimum Gasteiger partial charge on any atom is -0.497 e. The number of nitrogens with zero attached hydrogens (tertiary/aromatic N) is 2. The van der Waals surface area contributed by atoms with Crippen molar-refractivity contribution in [3.05, 3.63) is 53.6 Å². The van der Waals surface area contributed by atoms with Gasteiger partial charge in [-0.2, -0.15) is 4.31 Å². The van der Waals surface area contributed by atoms with Crippen molar-refractivity contribution in [1.29, 1.82) is 0 Å². The minimum absolute atomic E-state index is 0.0191. The van der Waals surface area contributed by atoms with Gasteiger partial charge in [-0.05, 0) is 56.0 Å². The van der Waals surface area contributed by atoms with Crippen molar-refractivity contribution in [3.63, 3.8) is 0 Å². The Labute approximate surface area is 198 Å². The smallest absolute Gasteiger partial charge is 0.246 e. The molecular weight excluding hydrogens is 466 g/mol. The van der Waals surface area contributed by atoms with E-state index in [1.165, 1.54) is 0 Å². The number of amides is 1. The predicted octanol–water partition coefficient (Wildman–Crippen LogP) is 3.75. The molecule has 1 amide bonds. The Morgan fingerprint density at radius 3 is 2.38 bits per heavy atom. The van der Waals surface area contributed by atoms with E-state index in [0.717, 1.165) is 34.8 Å². The van der Waals surface area contributed by atoms with Crippen LogP contribution in [-0.4, -0.2) is 57.4 Å². The number of likely N-dealkylation sites (tertiary alicyclic amines) is 1. The van der Waals surface area contributed by atoms with Gasteiger partial charge in [0.2, 0.25) is 15.9 Å². The fourth-order valence-corrected chi connectivity index (χ4v) is 6.38. The Bertz CT molecular complexity index is 1170. The summed E-state index contributed by atoms with van der Waals surface area (Å²) < 4.78 is 65.3. The van der Waals surface area contributed by atoms with Crippen LogP contribution in [0.25, 0.3) is 0 Å². The van der Waals surface area contributed by atoms with Crippen LogP contribution >= 0.6 is 0 Å². The molecule has 2 saturated heterocycles. The molecule has 2 aromatic carbocycles. The zero-order valence-electron chi connectivity index (χ0n) is 19.2. The van der Waals surface area contributed by atoms with Gasteiger partial charge in [-0.25, -0.2) is 17.2 Å². The first kappa shape index (κ1) is 24.4. The van der Waals surface area contributed by atoms with Crippen LogP contribution in [0.4, 0.5) is 8.78 Å². The summed E-state index contributed by atoms with van der Waals surface area (Å²) in [5.74, 6) is -0.850. The highest BCUT2D eigenvalue weighted by molar-refractivity contribution is 7.89. The molecule has 1 atom stereocenters. The maximum atomic E-state index is 14.1. The standard InChI is InChI=1S/C24H28F2N2O5S/c1-32-18-6-7-19(22(15-18)33-2)21-4-3-11-28(21)24(29)16-9-12-27(13-10-16)34(30,31)23-14-17(25)5-8-20(23)26/h5-8,14-16,21H,3-4,9-13H2,1-2H3/t21-/m0/s1. The first-order valence-corrected chi connectivity index (χ1v) is 12.7. The lowest BCUT2D eigenvalue weighted by Crippen LogP contribution is -2.44. The fraction of sp³-hybridized carbons (Fsp3) is 0.458. The lowest BCUT2D eigenvalue weighted by Gasteiger charge is -2.34. The first-order valence-electron chi connectivity index (χ1n) is 11.2. The molecule has 0 spiro atoms. The fourth-order valence-electron chi connectivity index (χ4n) is 4.84. The Kier molecular flexibility index (Phi) is 7.09. The molecule has 2 fully saturated rings. The van der Waals surface area contributed by atoms with Gasteiger partial charge in [0.15, 0.2) is 0 Å². The normalized spacial score (nSPS) is 19.9. The molecule has 2 aromatic rings. The van der Waals surface area contributed by atoms with E-state index in [1.807, 2.05) is 17.0 Å². The minimum atomic E-state index is -4.19. The molecule has 10 heteroatoms. The van der Waals surface area contributed by atoms with Crippen LogP contribution in [0.2, 0.25) is 0 Å². The molecule has 0 radical (unpaired) electrons. The molecule has 0 saturated carbocycles. The van der Waals surface area contributed by atoms with Crippen molar-refractivity contribution in [3.8, 4) is 11.5 Å². The van der Waals surface area contributed by atoms with Gasteiger partial charge in [0.25, 0.3) is 0 Å². The van der Waals surface area contributed by atoms with E-state index < -0.39 is 26.6 Å². The van der Waals surface area contributed by atoms with Crippen LogP contribution in [-0.2, 0) is 14.8 Å². The SMILES string of the molecule is COc1ccc([C@@H]2CCCN2C(=O)C2CCN(S(=O)(=O)c3cc(F)ccc3F)CC2)c(OC)c1. The van der Waals surface area contributed by atoms with Gasteiger partial charge in [-0.1, -0.05) is 0 Å². The average Bonchev–Trinajstić information content (AvgIpc) is 3.34. The zero-order chi connectivity index (χ0) is 24.5. The van der Waals surface area contributed by atoms with Crippen molar-refractivity contribution in [2.75, 3.05) is 33.9 Å². The van der Waals surface area contributed by atoms with E-state index in [9.17, 15) is 22.0 Å². The van der Waals surface area contributed by atoms with Gasteiger partial charge in [-0.3, -0.25) is 4.79 Å². The van der Waals surface area contributed by atoms with Crippen LogP contribution < -0.4 is 9.47 Å². The van der Waals surface area contributed by atoms with E-state index in [2.05, 4.69) is 0 Å². The van der Waals surface area contributed by atoms with Crippen LogP contribution in [0.5, 0.6) is 11.5 Å². The molecular formula is C24H28F2N2O5S. The summed E-state index contributed by atoms with van der Waals surface area (Å²) in [6.07, 6.45) is 2.30. The summed E-state index contributed by atoms with van der Waals surface area (Å²) in [7, 11) is -1.03. The van der Waals surface area contributed by atoms with E-state index >= 15 is 0 Å². The Balaban J connectivity index is 1.47. The van der Waals surface area contributed by atoms with Gasteiger partial charge in [-0.15, -0.1) is 0 Å². The van der Waals surface area contributed by atoms with E-state index in [4.69, 9.17) is 9.47 Å². The molecule has 0 aliphatic carbocycles. The molecule has 7 nitrogen and oxygen atoms in total. The summed E-state index contributed by atoms with van der Waals surface area (Å²) in [6, 6.07) is 7.80. The summed E-state index contributed by atoms with van der Waals surface area (Å²) in [4.78, 5) is 14.6. The Hall–Kier alpha value is -2.72. The summed E-state index contributed by atoms with van der Waals surface area (Å²) in [5, 5.41) is 0. The van der Waals surface area contributed by atoms with Crippen molar-refractivity contribution in [1.82, 2.24) is 9.21 Å². The number of carbonyl (C=O) groups is 1. The molecule has 2 aliphatic heterocycles. The number of benzene rings is 2. The number of hydrogen-bond acceptors (Lipinski definition) is 5. The molecule has 4 rings (SSSR count). The average molecular weight is 495 g/mol. The van der Waals surface area contributed by atoms with Crippen molar-refractivity contribution >= 4 is 15.9 Å². The van der Waals surface area contributed by atoms with E-state index in [1.54, 1.807) is 20.3 Å². The monoisotopic (exact) mass is 494 g/mol. The number of ether oxygens (including phenoxy) is 2. The Morgan fingerprint density at radius 2 is 1.71 bits per heavy atom. The highest BCUT2D eigenvalue weighted by atomic mass is 32.2. The second kappa shape index (κ2) is 9.87. The molecule has 0 aromatic heterocycles. The molecule has 184 valence electrons. The highest BCUT2D eigenvalue weighted by Gasteiger charge is 2.39. The molecule has 2 aliphatic rings. The van der Waals surface area contributed by atoms with Crippen LogP contribution in [0, 0.1) is 17.6 Å². The lowest BCUT2D eigenvalue weighted by atomic mass is 9.95. The number of piperidine rings is 1. The summed E-state index contributed by atoms with van der Waals surface area (Å²) >= 11 is 0. The van der Waals surface area contributed by atoms with Gasteiger partial charge >= 0.3 is 0 Å². The number of sulfonamides is 1. The highest BCUT2D eigenvalue weighted by Crippen LogP contribution is 2.40. The van der Waals surface area contributed by atoms with Gasteiger partial charge in [0, 0.05) is 37.2 Å². The third-order valence-corrected chi connectivity index (χ3v) is 8.56. The maximum absolute atomic E-state index is 14.1. The molecule has 34 heavy (non-hydrogen) atoms. The summed E-state index contributed by atoms with van der Waals surface area (Å²) in [5.41, 5.74) is 0.913. The number of rotatable bonds is 6. The number of hydrogen-bond donors (Lipinski definition) is 0. The van der Waals surface area contributed by atoms with Crippen LogP contribution in [0.3, 0.4) is 0 Å². The molecule has 2 heterocycles. The van der Waals surface area contributed by atoms with E-state index in [-0.39, 0.29) is 31.0 Å². The molecule has 0 bridgehead atoms.